The van der Waals surface area contributed by atoms with Crippen LogP contribution in [0.25, 0.3) is 17.2 Å². The van der Waals surface area contributed by atoms with Crippen molar-refractivity contribution in [2.75, 3.05) is 7.11 Å². The summed E-state index contributed by atoms with van der Waals surface area (Å²) in [4.78, 5) is 0. The fourth-order valence-electron chi connectivity index (χ4n) is 1.85. The van der Waals surface area contributed by atoms with E-state index in [9.17, 15) is 5.11 Å². The summed E-state index contributed by atoms with van der Waals surface area (Å²) in [5, 5.41) is 9.93. The lowest BCUT2D eigenvalue weighted by Crippen LogP contribution is -1.84. The molecule has 18 heavy (non-hydrogen) atoms. The van der Waals surface area contributed by atoms with Gasteiger partial charge >= 0.3 is 0 Å². The average molecular weight is 240 g/mol. The number of hydrogen-bond acceptors (Lipinski definition) is 2. The van der Waals surface area contributed by atoms with Crippen LogP contribution in [0.2, 0.25) is 0 Å². The molecule has 1 N–H and O–H groups in total. The van der Waals surface area contributed by atoms with Crippen LogP contribution in [0.15, 0.2) is 48.5 Å². The van der Waals surface area contributed by atoms with Crippen molar-refractivity contribution in [3.05, 3.63) is 54.1 Å². The molecule has 0 unspecified atom stereocenters. The van der Waals surface area contributed by atoms with Crippen molar-refractivity contribution in [2.45, 2.75) is 6.92 Å². The minimum absolute atomic E-state index is 0.286. The lowest BCUT2D eigenvalue weighted by molar-refractivity contribution is 0.415. The average Bonchev–Trinajstić information content (AvgIpc) is 2.41. The summed E-state index contributed by atoms with van der Waals surface area (Å²) in [6.07, 6.45) is 3.98. The van der Waals surface area contributed by atoms with Gasteiger partial charge in [0.2, 0.25) is 0 Å². The molecule has 0 fully saturated rings. The summed E-state index contributed by atoms with van der Waals surface area (Å²) in [5.74, 6) is 1.09. The molecule has 0 saturated carbocycles. The number of ether oxygens (including phenoxy) is 1. The standard InChI is InChI=1S/C16H16O2/c1-3-4-12-5-10-16(17)15(11-12)13-6-8-14(18-2)9-7-13/h3-11,17H,1-2H3/b4-3+. The number of benzene rings is 2. The van der Waals surface area contributed by atoms with E-state index in [1.807, 2.05) is 55.5 Å². The van der Waals surface area contributed by atoms with E-state index in [1.54, 1.807) is 13.2 Å². The molecule has 0 amide bonds. The van der Waals surface area contributed by atoms with Gasteiger partial charge in [-0.05, 0) is 42.3 Å². The number of phenolic OH excluding ortho intramolecular Hbond substituents is 1. The van der Waals surface area contributed by atoms with Crippen molar-refractivity contribution in [1.29, 1.82) is 0 Å². The molecule has 2 rings (SSSR count). The molecule has 0 aliphatic heterocycles. The van der Waals surface area contributed by atoms with Gasteiger partial charge in [0.1, 0.15) is 11.5 Å². The molecule has 0 heterocycles. The monoisotopic (exact) mass is 240 g/mol. The van der Waals surface area contributed by atoms with E-state index in [-0.39, 0.29) is 5.75 Å². The van der Waals surface area contributed by atoms with Crippen molar-refractivity contribution < 1.29 is 9.84 Å². The molecule has 0 aliphatic rings. The van der Waals surface area contributed by atoms with Crippen LogP contribution in [0.1, 0.15) is 12.5 Å². The van der Waals surface area contributed by atoms with Gasteiger partial charge in [-0.25, -0.2) is 0 Å². The molecule has 2 aromatic carbocycles. The van der Waals surface area contributed by atoms with Gasteiger partial charge in [-0.1, -0.05) is 30.4 Å². The zero-order valence-electron chi connectivity index (χ0n) is 10.6. The summed E-state index contributed by atoms with van der Waals surface area (Å²) < 4.78 is 5.12. The Balaban J connectivity index is 2.44. The van der Waals surface area contributed by atoms with Gasteiger partial charge in [0.05, 0.1) is 7.11 Å². The lowest BCUT2D eigenvalue weighted by atomic mass is 10.0. The maximum atomic E-state index is 9.93. The van der Waals surface area contributed by atoms with Gasteiger partial charge in [0, 0.05) is 5.56 Å². The molecule has 0 bridgehead atoms. The predicted octanol–water partition coefficient (Wildman–Crippen LogP) is 4.10. The number of allylic oxidation sites excluding steroid dienone is 1. The Labute approximate surface area is 107 Å². The van der Waals surface area contributed by atoms with Crippen molar-refractivity contribution in [2.24, 2.45) is 0 Å². The Kier molecular flexibility index (Phi) is 3.68. The molecule has 0 saturated heterocycles. The van der Waals surface area contributed by atoms with Crippen LogP contribution in [0, 0.1) is 0 Å². The first-order valence-electron chi connectivity index (χ1n) is 5.84. The number of hydrogen-bond donors (Lipinski definition) is 1. The van der Waals surface area contributed by atoms with Crippen LogP contribution in [-0.2, 0) is 0 Å². The maximum Gasteiger partial charge on any atom is 0.123 e. The van der Waals surface area contributed by atoms with Crippen LogP contribution >= 0.6 is 0 Å². The van der Waals surface area contributed by atoms with E-state index in [0.29, 0.717) is 0 Å². The third-order valence-corrected chi connectivity index (χ3v) is 2.78. The molecule has 92 valence electrons. The molecule has 2 nitrogen and oxygen atoms in total. The number of methoxy groups -OCH3 is 1. The highest BCUT2D eigenvalue weighted by Crippen LogP contribution is 2.31. The third-order valence-electron chi connectivity index (χ3n) is 2.78. The van der Waals surface area contributed by atoms with Gasteiger partial charge in [-0.3, -0.25) is 0 Å². The van der Waals surface area contributed by atoms with Gasteiger partial charge in [-0.2, -0.15) is 0 Å². The van der Waals surface area contributed by atoms with Gasteiger partial charge in [-0.15, -0.1) is 0 Å². The van der Waals surface area contributed by atoms with Gasteiger partial charge < -0.3 is 9.84 Å². The molecule has 2 heteroatoms. The first-order chi connectivity index (χ1) is 8.74. The van der Waals surface area contributed by atoms with E-state index < -0.39 is 0 Å². The Bertz CT molecular complexity index is 554. The lowest BCUT2D eigenvalue weighted by Gasteiger charge is -2.07. The quantitative estimate of drug-likeness (QED) is 0.875. The summed E-state index contributed by atoms with van der Waals surface area (Å²) in [6.45, 7) is 1.97. The van der Waals surface area contributed by atoms with Crippen LogP contribution in [-0.4, -0.2) is 12.2 Å². The largest absolute Gasteiger partial charge is 0.507 e. The van der Waals surface area contributed by atoms with E-state index in [0.717, 1.165) is 22.4 Å². The summed E-state index contributed by atoms with van der Waals surface area (Å²) in [6, 6.07) is 13.2. The predicted molar refractivity (Wildman–Crippen MR) is 74.8 cm³/mol. The van der Waals surface area contributed by atoms with Gasteiger partial charge in [0.25, 0.3) is 0 Å². The second-order valence-electron chi connectivity index (χ2n) is 4.01. The van der Waals surface area contributed by atoms with E-state index in [1.165, 1.54) is 0 Å². The van der Waals surface area contributed by atoms with Crippen molar-refractivity contribution in [3.63, 3.8) is 0 Å². The van der Waals surface area contributed by atoms with E-state index >= 15 is 0 Å². The number of aromatic hydroxyl groups is 1. The minimum atomic E-state index is 0.286. The fraction of sp³-hybridized carbons (Fsp3) is 0.125. The first kappa shape index (κ1) is 12.2. The Morgan fingerprint density at radius 3 is 2.39 bits per heavy atom. The second kappa shape index (κ2) is 5.41. The highest BCUT2D eigenvalue weighted by atomic mass is 16.5. The van der Waals surface area contributed by atoms with Crippen molar-refractivity contribution >= 4 is 6.08 Å². The maximum absolute atomic E-state index is 9.93. The molecule has 0 spiro atoms. The van der Waals surface area contributed by atoms with Crippen LogP contribution in [0.5, 0.6) is 11.5 Å². The first-order valence-corrected chi connectivity index (χ1v) is 5.84. The zero-order valence-corrected chi connectivity index (χ0v) is 10.6. The Hall–Kier alpha value is -2.22. The number of phenols is 1. The molecule has 2 aromatic rings. The summed E-state index contributed by atoms with van der Waals surface area (Å²) in [7, 11) is 1.64. The number of rotatable bonds is 3. The van der Waals surface area contributed by atoms with Gasteiger partial charge in [0.15, 0.2) is 0 Å². The second-order valence-corrected chi connectivity index (χ2v) is 4.01. The highest BCUT2D eigenvalue weighted by Gasteiger charge is 2.05. The van der Waals surface area contributed by atoms with E-state index in [4.69, 9.17) is 4.74 Å². The molecule has 0 aromatic heterocycles. The molecule has 0 atom stereocenters. The third kappa shape index (κ3) is 2.54. The van der Waals surface area contributed by atoms with Crippen molar-refractivity contribution in [3.8, 4) is 22.6 Å². The highest BCUT2D eigenvalue weighted by molar-refractivity contribution is 5.73. The Morgan fingerprint density at radius 2 is 1.78 bits per heavy atom. The molecule has 0 radical (unpaired) electrons. The summed E-state index contributed by atoms with van der Waals surface area (Å²) in [5.41, 5.74) is 2.87. The topological polar surface area (TPSA) is 29.5 Å². The zero-order chi connectivity index (χ0) is 13.0. The fourth-order valence-corrected chi connectivity index (χ4v) is 1.85. The molecule has 0 aliphatic carbocycles. The Morgan fingerprint density at radius 1 is 1.06 bits per heavy atom. The van der Waals surface area contributed by atoms with E-state index in [2.05, 4.69) is 0 Å². The minimum Gasteiger partial charge on any atom is -0.507 e. The summed E-state index contributed by atoms with van der Waals surface area (Å²) >= 11 is 0. The van der Waals surface area contributed by atoms with Crippen LogP contribution in [0.3, 0.4) is 0 Å². The normalized spacial score (nSPS) is 10.8. The molecular formula is C16H16O2. The smallest absolute Gasteiger partial charge is 0.123 e. The van der Waals surface area contributed by atoms with Crippen molar-refractivity contribution in [1.82, 2.24) is 0 Å². The SMILES string of the molecule is C/C=C/c1ccc(O)c(-c2ccc(OC)cc2)c1. The van der Waals surface area contributed by atoms with Crippen LogP contribution < -0.4 is 4.74 Å². The molecular weight excluding hydrogens is 224 g/mol. The van der Waals surface area contributed by atoms with Crippen LogP contribution in [0.4, 0.5) is 0 Å².